The molecular weight excluding hydrogens is 304 g/mol. The summed E-state index contributed by atoms with van der Waals surface area (Å²) >= 11 is 0. The molecule has 1 amide bonds. The first-order valence-electron chi connectivity index (χ1n) is 8.41. The Bertz CT molecular complexity index is 648. The maximum Gasteiger partial charge on any atom is 0.289 e. The Labute approximate surface area is 142 Å². The van der Waals surface area contributed by atoms with Gasteiger partial charge in [0.15, 0.2) is 0 Å². The minimum Gasteiger partial charge on any atom is -0.351 e. The number of nitrogens with one attached hydrogen (secondary N) is 1. The second-order valence-corrected chi connectivity index (χ2v) is 6.19. The third-order valence-electron chi connectivity index (χ3n) is 4.28. The van der Waals surface area contributed by atoms with Gasteiger partial charge in [0.1, 0.15) is 0 Å². The third kappa shape index (κ3) is 4.66. The van der Waals surface area contributed by atoms with Gasteiger partial charge < -0.3 is 9.84 Å². The fraction of sp³-hybridized carbons (Fsp3) is 0.444. The van der Waals surface area contributed by atoms with Gasteiger partial charge >= 0.3 is 0 Å². The standard InChI is InChI=1S/C18H24N4O2/c1-15-13-17(24-20-15)18(23)19-7-8-21-9-11-22(12-10-21)14-16-5-3-2-4-6-16/h2-6,13H,7-12,14H2,1H3,(H,19,23). The molecule has 2 aromatic rings. The van der Waals surface area contributed by atoms with Crippen molar-refractivity contribution in [3.8, 4) is 0 Å². The van der Waals surface area contributed by atoms with Crippen molar-refractivity contribution < 1.29 is 9.32 Å². The summed E-state index contributed by atoms with van der Waals surface area (Å²) in [5, 5.41) is 6.61. The predicted octanol–water partition coefficient (Wildman–Crippen LogP) is 1.53. The minimum absolute atomic E-state index is 0.196. The van der Waals surface area contributed by atoms with Gasteiger partial charge in [0.05, 0.1) is 5.69 Å². The monoisotopic (exact) mass is 328 g/mol. The Balaban J connectivity index is 1.34. The van der Waals surface area contributed by atoms with Gasteiger partial charge in [-0.15, -0.1) is 0 Å². The van der Waals surface area contributed by atoms with Crippen molar-refractivity contribution in [2.75, 3.05) is 39.3 Å². The van der Waals surface area contributed by atoms with Crippen LogP contribution in [-0.4, -0.2) is 60.1 Å². The summed E-state index contributed by atoms with van der Waals surface area (Å²) < 4.78 is 4.96. The zero-order valence-electron chi connectivity index (χ0n) is 14.1. The molecule has 1 aromatic heterocycles. The number of carbonyl (C=O) groups is 1. The summed E-state index contributed by atoms with van der Waals surface area (Å²) in [6.45, 7) is 8.48. The molecule has 0 spiro atoms. The number of benzene rings is 1. The number of piperazine rings is 1. The molecule has 1 aliphatic heterocycles. The lowest BCUT2D eigenvalue weighted by atomic mass is 10.2. The lowest BCUT2D eigenvalue weighted by Gasteiger charge is -2.34. The Morgan fingerprint density at radius 2 is 1.88 bits per heavy atom. The van der Waals surface area contributed by atoms with E-state index in [-0.39, 0.29) is 11.7 Å². The number of hydrogen-bond acceptors (Lipinski definition) is 5. The zero-order chi connectivity index (χ0) is 16.8. The van der Waals surface area contributed by atoms with Gasteiger partial charge in [-0.3, -0.25) is 14.6 Å². The average Bonchev–Trinajstić information content (AvgIpc) is 3.04. The number of amides is 1. The fourth-order valence-electron chi connectivity index (χ4n) is 2.90. The molecule has 0 atom stereocenters. The van der Waals surface area contributed by atoms with Crippen LogP contribution in [-0.2, 0) is 6.54 Å². The molecule has 0 saturated carbocycles. The second kappa shape index (κ2) is 8.08. The lowest BCUT2D eigenvalue weighted by Crippen LogP contribution is -2.48. The molecule has 2 heterocycles. The van der Waals surface area contributed by atoms with E-state index >= 15 is 0 Å². The van der Waals surface area contributed by atoms with Gasteiger partial charge in [-0.05, 0) is 12.5 Å². The number of aryl methyl sites for hydroxylation is 1. The van der Waals surface area contributed by atoms with Crippen LogP contribution >= 0.6 is 0 Å². The van der Waals surface area contributed by atoms with Gasteiger partial charge in [0, 0.05) is 51.9 Å². The fourth-order valence-corrected chi connectivity index (χ4v) is 2.90. The molecule has 0 radical (unpaired) electrons. The van der Waals surface area contributed by atoms with Gasteiger partial charge in [-0.25, -0.2) is 0 Å². The highest BCUT2D eigenvalue weighted by Crippen LogP contribution is 2.08. The summed E-state index contributed by atoms with van der Waals surface area (Å²) in [5.41, 5.74) is 2.08. The van der Waals surface area contributed by atoms with E-state index < -0.39 is 0 Å². The topological polar surface area (TPSA) is 61.6 Å². The molecule has 3 rings (SSSR count). The summed E-state index contributed by atoms with van der Waals surface area (Å²) in [4.78, 5) is 16.7. The molecule has 1 fully saturated rings. The second-order valence-electron chi connectivity index (χ2n) is 6.19. The van der Waals surface area contributed by atoms with Crippen molar-refractivity contribution in [1.29, 1.82) is 0 Å². The molecule has 128 valence electrons. The van der Waals surface area contributed by atoms with E-state index in [0.29, 0.717) is 6.54 Å². The molecule has 0 aliphatic carbocycles. The van der Waals surface area contributed by atoms with Crippen LogP contribution in [0.3, 0.4) is 0 Å². The van der Waals surface area contributed by atoms with E-state index in [4.69, 9.17) is 4.52 Å². The Morgan fingerprint density at radius 3 is 2.54 bits per heavy atom. The number of rotatable bonds is 6. The van der Waals surface area contributed by atoms with Crippen LogP contribution < -0.4 is 5.32 Å². The van der Waals surface area contributed by atoms with Crippen molar-refractivity contribution >= 4 is 5.91 Å². The third-order valence-corrected chi connectivity index (χ3v) is 4.28. The van der Waals surface area contributed by atoms with E-state index in [2.05, 4.69) is 50.6 Å². The maximum absolute atomic E-state index is 11.9. The van der Waals surface area contributed by atoms with E-state index in [1.54, 1.807) is 13.0 Å². The van der Waals surface area contributed by atoms with Crippen molar-refractivity contribution in [3.05, 3.63) is 53.4 Å². The zero-order valence-corrected chi connectivity index (χ0v) is 14.1. The largest absolute Gasteiger partial charge is 0.351 e. The Morgan fingerprint density at radius 1 is 1.17 bits per heavy atom. The van der Waals surface area contributed by atoms with E-state index in [1.165, 1.54) is 5.56 Å². The summed E-state index contributed by atoms with van der Waals surface area (Å²) in [6, 6.07) is 12.2. The van der Waals surface area contributed by atoms with Crippen LogP contribution in [0.15, 0.2) is 40.9 Å². The first-order chi connectivity index (χ1) is 11.7. The first-order valence-corrected chi connectivity index (χ1v) is 8.41. The molecule has 1 N–H and O–H groups in total. The van der Waals surface area contributed by atoms with Gasteiger partial charge in [0.25, 0.3) is 5.91 Å². The Hall–Kier alpha value is -2.18. The SMILES string of the molecule is Cc1cc(C(=O)NCCN2CCN(Cc3ccccc3)CC2)on1. The maximum atomic E-state index is 11.9. The number of carbonyl (C=O) groups excluding carboxylic acids is 1. The highest BCUT2D eigenvalue weighted by Gasteiger charge is 2.17. The van der Waals surface area contributed by atoms with Crippen LogP contribution in [0.2, 0.25) is 0 Å². The van der Waals surface area contributed by atoms with Gasteiger partial charge in [0.2, 0.25) is 5.76 Å². The van der Waals surface area contributed by atoms with Gasteiger partial charge in [-0.2, -0.15) is 0 Å². The highest BCUT2D eigenvalue weighted by molar-refractivity contribution is 5.91. The van der Waals surface area contributed by atoms with Crippen LogP contribution in [0.4, 0.5) is 0 Å². The van der Waals surface area contributed by atoms with Gasteiger partial charge in [-0.1, -0.05) is 35.5 Å². The molecule has 6 nitrogen and oxygen atoms in total. The molecule has 1 aromatic carbocycles. The van der Waals surface area contributed by atoms with Crippen LogP contribution in [0, 0.1) is 6.92 Å². The lowest BCUT2D eigenvalue weighted by molar-refractivity contribution is 0.0898. The summed E-state index contributed by atoms with van der Waals surface area (Å²) in [6.07, 6.45) is 0. The minimum atomic E-state index is -0.196. The first kappa shape index (κ1) is 16.7. The Kier molecular flexibility index (Phi) is 5.61. The highest BCUT2D eigenvalue weighted by atomic mass is 16.5. The average molecular weight is 328 g/mol. The summed E-state index contributed by atoms with van der Waals surface area (Å²) in [5.74, 6) is 0.0819. The number of hydrogen-bond donors (Lipinski definition) is 1. The predicted molar refractivity (Wildman–Crippen MR) is 91.7 cm³/mol. The molecule has 24 heavy (non-hydrogen) atoms. The van der Waals surface area contributed by atoms with Crippen molar-refractivity contribution in [2.24, 2.45) is 0 Å². The quantitative estimate of drug-likeness (QED) is 0.871. The normalized spacial score (nSPS) is 16.2. The number of nitrogens with zero attached hydrogens (tertiary/aromatic N) is 3. The smallest absolute Gasteiger partial charge is 0.289 e. The molecule has 1 saturated heterocycles. The molecule has 1 aliphatic rings. The molecule has 0 bridgehead atoms. The summed E-state index contributed by atoms with van der Waals surface area (Å²) in [7, 11) is 0. The van der Waals surface area contributed by atoms with Crippen LogP contribution in [0.5, 0.6) is 0 Å². The van der Waals surface area contributed by atoms with Crippen LogP contribution in [0.1, 0.15) is 21.8 Å². The van der Waals surface area contributed by atoms with Crippen LogP contribution in [0.25, 0.3) is 0 Å². The molecule has 6 heteroatoms. The molecular formula is C18H24N4O2. The van der Waals surface area contributed by atoms with E-state index in [0.717, 1.165) is 45.0 Å². The van der Waals surface area contributed by atoms with Crippen molar-refractivity contribution in [3.63, 3.8) is 0 Å². The number of aromatic nitrogens is 1. The molecule has 0 unspecified atom stereocenters. The van der Waals surface area contributed by atoms with Crippen molar-refractivity contribution in [1.82, 2.24) is 20.3 Å². The van der Waals surface area contributed by atoms with Crippen molar-refractivity contribution in [2.45, 2.75) is 13.5 Å². The van der Waals surface area contributed by atoms with E-state index in [9.17, 15) is 4.79 Å². The van der Waals surface area contributed by atoms with E-state index in [1.807, 2.05) is 0 Å².